The van der Waals surface area contributed by atoms with Gasteiger partial charge in [0.2, 0.25) is 0 Å². The number of nitrogens with one attached hydrogen (secondary N) is 1. The Hall–Kier alpha value is -1.62. The average Bonchev–Trinajstić information content (AvgIpc) is 2.47. The van der Waals surface area contributed by atoms with Crippen LogP contribution in [0.25, 0.3) is 0 Å². The third-order valence-electron chi connectivity index (χ3n) is 4.17. The van der Waals surface area contributed by atoms with Crippen molar-refractivity contribution < 1.29 is 4.92 Å². The van der Waals surface area contributed by atoms with E-state index >= 15 is 0 Å². The van der Waals surface area contributed by atoms with E-state index in [-0.39, 0.29) is 10.6 Å². The molecule has 1 atom stereocenters. The van der Waals surface area contributed by atoms with Gasteiger partial charge >= 0.3 is 0 Å². The molecule has 1 aliphatic rings. The summed E-state index contributed by atoms with van der Waals surface area (Å²) in [5.41, 5.74) is 1.83. The first-order valence-electron chi connectivity index (χ1n) is 7.35. The van der Waals surface area contributed by atoms with E-state index in [0.29, 0.717) is 11.7 Å². The number of para-hydroxylation sites is 1. The van der Waals surface area contributed by atoms with Crippen molar-refractivity contribution in [2.24, 2.45) is 0 Å². The Balaban J connectivity index is 2.24. The summed E-state index contributed by atoms with van der Waals surface area (Å²) in [6.45, 7) is 4.09. The van der Waals surface area contributed by atoms with Gasteiger partial charge in [0.15, 0.2) is 0 Å². The highest BCUT2D eigenvalue weighted by molar-refractivity contribution is 5.66. The number of rotatable bonds is 5. The van der Waals surface area contributed by atoms with Crippen molar-refractivity contribution in [1.82, 2.24) is 4.90 Å². The minimum Gasteiger partial charge on any atom is -0.382 e. The van der Waals surface area contributed by atoms with Gasteiger partial charge in [0.25, 0.3) is 5.69 Å². The minimum absolute atomic E-state index is 0.162. The van der Waals surface area contributed by atoms with Crippen molar-refractivity contribution in [2.75, 3.05) is 18.9 Å². The SMILES string of the molecule is CCC1CCCCN1Cc1cccc([N+](=O)[O-])c1NC. The van der Waals surface area contributed by atoms with Crippen molar-refractivity contribution in [3.8, 4) is 0 Å². The van der Waals surface area contributed by atoms with E-state index in [1.165, 1.54) is 19.3 Å². The Kier molecular flexibility index (Phi) is 4.95. The maximum Gasteiger partial charge on any atom is 0.292 e. The molecule has 1 unspecified atom stereocenters. The molecular weight excluding hydrogens is 254 g/mol. The van der Waals surface area contributed by atoms with Crippen LogP contribution in [-0.2, 0) is 6.54 Å². The Morgan fingerprint density at radius 3 is 2.90 bits per heavy atom. The molecule has 0 bridgehead atoms. The smallest absolute Gasteiger partial charge is 0.292 e. The zero-order valence-corrected chi connectivity index (χ0v) is 12.3. The Labute approximate surface area is 120 Å². The number of nitro benzene ring substituents is 1. The summed E-state index contributed by atoms with van der Waals surface area (Å²) in [7, 11) is 1.75. The first kappa shape index (κ1) is 14.8. The van der Waals surface area contributed by atoms with Gasteiger partial charge in [-0.3, -0.25) is 15.0 Å². The second-order valence-corrected chi connectivity index (χ2v) is 5.35. The molecule has 20 heavy (non-hydrogen) atoms. The largest absolute Gasteiger partial charge is 0.382 e. The summed E-state index contributed by atoms with van der Waals surface area (Å²) < 4.78 is 0. The Morgan fingerprint density at radius 2 is 2.25 bits per heavy atom. The number of benzene rings is 1. The Morgan fingerprint density at radius 1 is 1.45 bits per heavy atom. The average molecular weight is 277 g/mol. The zero-order chi connectivity index (χ0) is 14.5. The third kappa shape index (κ3) is 3.10. The van der Waals surface area contributed by atoms with Gasteiger partial charge in [0.05, 0.1) is 4.92 Å². The second-order valence-electron chi connectivity index (χ2n) is 5.35. The number of anilines is 1. The predicted molar refractivity (Wildman–Crippen MR) is 81.0 cm³/mol. The molecule has 1 N–H and O–H groups in total. The zero-order valence-electron chi connectivity index (χ0n) is 12.3. The number of nitrogens with zero attached hydrogens (tertiary/aromatic N) is 2. The number of hydrogen-bond acceptors (Lipinski definition) is 4. The van der Waals surface area contributed by atoms with Crippen molar-refractivity contribution >= 4 is 11.4 Å². The van der Waals surface area contributed by atoms with Crippen LogP contribution >= 0.6 is 0 Å². The summed E-state index contributed by atoms with van der Waals surface area (Å²) >= 11 is 0. The molecule has 0 saturated carbocycles. The lowest BCUT2D eigenvalue weighted by atomic mass is 9.99. The molecule has 0 spiro atoms. The summed E-state index contributed by atoms with van der Waals surface area (Å²) in [5, 5.41) is 14.1. The summed E-state index contributed by atoms with van der Waals surface area (Å²) in [5.74, 6) is 0. The number of likely N-dealkylation sites (tertiary alicyclic amines) is 1. The predicted octanol–water partition coefficient (Wildman–Crippen LogP) is 3.40. The van der Waals surface area contributed by atoms with E-state index in [2.05, 4.69) is 17.1 Å². The molecule has 2 rings (SSSR count). The van der Waals surface area contributed by atoms with Gasteiger partial charge in [0, 0.05) is 25.7 Å². The number of nitro groups is 1. The second kappa shape index (κ2) is 6.70. The van der Waals surface area contributed by atoms with E-state index in [1.54, 1.807) is 19.2 Å². The van der Waals surface area contributed by atoms with E-state index in [1.807, 2.05) is 6.07 Å². The summed E-state index contributed by atoms with van der Waals surface area (Å²) in [6, 6.07) is 5.93. The van der Waals surface area contributed by atoms with Gasteiger partial charge in [-0.25, -0.2) is 0 Å². The highest BCUT2D eigenvalue weighted by Gasteiger charge is 2.23. The van der Waals surface area contributed by atoms with Crippen molar-refractivity contribution in [2.45, 2.75) is 45.2 Å². The molecule has 1 aromatic rings. The van der Waals surface area contributed by atoms with E-state index in [4.69, 9.17) is 0 Å². The monoisotopic (exact) mass is 277 g/mol. The highest BCUT2D eigenvalue weighted by atomic mass is 16.6. The fourth-order valence-corrected chi connectivity index (χ4v) is 3.11. The van der Waals surface area contributed by atoms with Crippen LogP contribution in [0.5, 0.6) is 0 Å². The fraction of sp³-hybridized carbons (Fsp3) is 0.600. The maximum absolute atomic E-state index is 11.1. The van der Waals surface area contributed by atoms with Crippen LogP contribution in [0, 0.1) is 10.1 Å². The lowest BCUT2D eigenvalue weighted by Gasteiger charge is -2.35. The topological polar surface area (TPSA) is 58.4 Å². The van der Waals surface area contributed by atoms with Crippen molar-refractivity contribution in [3.05, 3.63) is 33.9 Å². The lowest BCUT2D eigenvalue weighted by molar-refractivity contribution is -0.384. The van der Waals surface area contributed by atoms with Crippen LogP contribution in [-0.4, -0.2) is 29.5 Å². The summed E-state index contributed by atoms with van der Waals surface area (Å²) in [4.78, 5) is 13.2. The van der Waals surface area contributed by atoms with Gasteiger partial charge in [-0.05, 0) is 31.4 Å². The maximum atomic E-state index is 11.1. The molecule has 5 nitrogen and oxygen atoms in total. The van der Waals surface area contributed by atoms with E-state index in [0.717, 1.165) is 25.1 Å². The standard InChI is InChI=1S/C15H23N3O2/c1-3-13-8-4-5-10-17(13)11-12-7-6-9-14(18(19)20)15(12)16-2/h6-7,9,13,16H,3-5,8,10-11H2,1-2H3. The molecule has 1 aromatic carbocycles. The number of hydrogen-bond donors (Lipinski definition) is 1. The lowest BCUT2D eigenvalue weighted by Crippen LogP contribution is -2.38. The molecule has 110 valence electrons. The fourth-order valence-electron chi connectivity index (χ4n) is 3.11. The number of piperidine rings is 1. The van der Waals surface area contributed by atoms with Gasteiger partial charge in [-0.15, -0.1) is 0 Å². The third-order valence-corrected chi connectivity index (χ3v) is 4.17. The highest BCUT2D eigenvalue weighted by Crippen LogP contribution is 2.30. The summed E-state index contributed by atoms with van der Waals surface area (Å²) in [6.07, 6.45) is 4.90. The normalized spacial score (nSPS) is 19.8. The molecule has 5 heteroatoms. The van der Waals surface area contributed by atoms with Gasteiger partial charge in [-0.1, -0.05) is 25.5 Å². The van der Waals surface area contributed by atoms with Crippen LogP contribution in [0.3, 0.4) is 0 Å². The molecule has 0 amide bonds. The minimum atomic E-state index is -0.317. The molecular formula is C15H23N3O2. The molecule has 1 aliphatic heterocycles. The van der Waals surface area contributed by atoms with Crippen LogP contribution in [0.2, 0.25) is 0 Å². The first-order chi connectivity index (χ1) is 9.67. The van der Waals surface area contributed by atoms with Crippen molar-refractivity contribution in [1.29, 1.82) is 0 Å². The molecule has 1 saturated heterocycles. The van der Waals surface area contributed by atoms with Gasteiger partial charge < -0.3 is 5.32 Å². The molecule has 1 heterocycles. The van der Waals surface area contributed by atoms with E-state index < -0.39 is 0 Å². The Bertz CT molecular complexity index is 476. The molecule has 0 radical (unpaired) electrons. The van der Waals surface area contributed by atoms with Crippen LogP contribution in [0.4, 0.5) is 11.4 Å². The van der Waals surface area contributed by atoms with Crippen LogP contribution in [0.15, 0.2) is 18.2 Å². The van der Waals surface area contributed by atoms with Gasteiger partial charge in [-0.2, -0.15) is 0 Å². The molecule has 0 aliphatic carbocycles. The van der Waals surface area contributed by atoms with Crippen LogP contribution in [0.1, 0.15) is 38.2 Å². The van der Waals surface area contributed by atoms with Gasteiger partial charge in [0.1, 0.15) is 5.69 Å². The van der Waals surface area contributed by atoms with Crippen molar-refractivity contribution in [3.63, 3.8) is 0 Å². The molecule has 1 fully saturated rings. The van der Waals surface area contributed by atoms with Crippen LogP contribution < -0.4 is 5.32 Å². The first-order valence-corrected chi connectivity index (χ1v) is 7.35. The molecule has 0 aromatic heterocycles. The van der Waals surface area contributed by atoms with E-state index in [9.17, 15) is 10.1 Å². The quantitative estimate of drug-likeness (QED) is 0.662.